The van der Waals surface area contributed by atoms with Gasteiger partial charge < -0.3 is 4.98 Å². The lowest BCUT2D eigenvalue weighted by Gasteiger charge is -1.89. The van der Waals surface area contributed by atoms with E-state index in [0.717, 1.165) is 4.47 Å². The summed E-state index contributed by atoms with van der Waals surface area (Å²) in [4.78, 5) is 3.26. The first kappa shape index (κ1) is 7.61. The van der Waals surface area contributed by atoms with Crippen molar-refractivity contribution in [1.82, 2.24) is 4.98 Å². The summed E-state index contributed by atoms with van der Waals surface area (Å²) in [6.45, 7) is 0. The van der Waals surface area contributed by atoms with Gasteiger partial charge in [-0.1, -0.05) is 22.0 Å². The summed E-state index contributed by atoms with van der Waals surface area (Å²) in [5.74, 6) is 0. The van der Waals surface area contributed by atoms with Crippen LogP contribution < -0.4 is 0 Å². The number of nitrogens with one attached hydrogen (secondary N) is 1. The summed E-state index contributed by atoms with van der Waals surface area (Å²) in [6, 6.07) is 8.35. The topological polar surface area (TPSA) is 15.8 Å². The lowest BCUT2D eigenvalue weighted by Crippen LogP contribution is -1.67. The summed E-state index contributed by atoms with van der Waals surface area (Å²) < 4.78 is 2.29. The lowest BCUT2D eigenvalue weighted by atomic mass is 10.3. The van der Waals surface area contributed by atoms with Crippen LogP contribution >= 0.6 is 38.5 Å². The molecule has 2 aromatic rings. The quantitative estimate of drug-likeness (QED) is 0.714. The Hall–Kier alpha value is -0.0300. The van der Waals surface area contributed by atoms with E-state index in [1.54, 1.807) is 0 Å². The highest BCUT2D eigenvalue weighted by Crippen LogP contribution is 2.20. The summed E-state index contributed by atoms with van der Waals surface area (Å²) in [7, 11) is 0. The standard InChI is InChI=1S/C8H5BrIN/c9-6-2-1-5-3-8(10)11-7(5)4-6/h1-4,11H. The summed E-state index contributed by atoms with van der Waals surface area (Å²) in [6.07, 6.45) is 0. The molecule has 0 fully saturated rings. The van der Waals surface area contributed by atoms with Crippen LogP contribution in [0, 0.1) is 3.70 Å². The van der Waals surface area contributed by atoms with E-state index in [-0.39, 0.29) is 0 Å². The second-order valence-electron chi connectivity index (χ2n) is 2.35. The van der Waals surface area contributed by atoms with Gasteiger partial charge in [0.05, 0.1) is 3.70 Å². The van der Waals surface area contributed by atoms with Gasteiger partial charge in [-0.3, -0.25) is 0 Å². The molecule has 1 aromatic heterocycles. The Morgan fingerprint density at radius 3 is 2.91 bits per heavy atom. The first-order valence-electron chi connectivity index (χ1n) is 3.19. The fourth-order valence-corrected chi connectivity index (χ4v) is 2.05. The van der Waals surface area contributed by atoms with Crippen molar-refractivity contribution in [3.8, 4) is 0 Å². The molecule has 0 saturated heterocycles. The van der Waals surface area contributed by atoms with Gasteiger partial charge in [-0.25, -0.2) is 0 Å². The number of H-pyrrole nitrogens is 1. The highest BCUT2D eigenvalue weighted by Gasteiger charge is 1.96. The molecule has 0 atom stereocenters. The van der Waals surface area contributed by atoms with Gasteiger partial charge in [-0.05, 0) is 40.8 Å². The van der Waals surface area contributed by atoms with Gasteiger partial charge >= 0.3 is 0 Å². The summed E-state index contributed by atoms with van der Waals surface area (Å²) >= 11 is 5.69. The van der Waals surface area contributed by atoms with Crippen molar-refractivity contribution in [3.63, 3.8) is 0 Å². The molecule has 0 aliphatic rings. The number of halogens is 2. The Kier molecular flexibility index (Phi) is 1.93. The number of hydrogen-bond acceptors (Lipinski definition) is 0. The van der Waals surface area contributed by atoms with Crippen LogP contribution in [-0.4, -0.2) is 4.98 Å². The van der Waals surface area contributed by atoms with Crippen molar-refractivity contribution < 1.29 is 0 Å². The Bertz CT molecular complexity index is 394. The molecule has 0 bridgehead atoms. The highest BCUT2D eigenvalue weighted by molar-refractivity contribution is 14.1. The maximum atomic E-state index is 3.42. The van der Waals surface area contributed by atoms with Crippen LogP contribution in [0.5, 0.6) is 0 Å². The van der Waals surface area contributed by atoms with Gasteiger partial charge in [0.25, 0.3) is 0 Å². The minimum atomic E-state index is 1.11. The van der Waals surface area contributed by atoms with Crippen molar-refractivity contribution in [2.24, 2.45) is 0 Å². The van der Waals surface area contributed by atoms with Gasteiger partial charge in [-0.2, -0.15) is 0 Å². The number of rotatable bonds is 0. The maximum absolute atomic E-state index is 3.42. The second kappa shape index (κ2) is 2.79. The fraction of sp³-hybridized carbons (Fsp3) is 0. The Morgan fingerprint density at radius 2 is 2.09 bits per heavy atom. The number of fused-ring (bicyclic) bond motifs is 1. The van der Waals surface area contributed by atoms with Gasteiger partial charge in [-0.15, -0.1) is 0 Å². The monoisotopic (exact) mass is 321 g/mol. The van der Waals surface area contributed by atoms with Gasteiger partial charge in [0.15, 0.2) is 0 Å². The predicted molar refractivity (Wildman–Crippen MR) is 58.7 cm³/mol. The molecule has 3 heteroatoms. The van der Waals surface area contributed by atoms with Gasteiger partial charge in [0.2, 0.25) is 0 Å². The first-order valence-corrected chi connectivity index (χ1v) is 5.07. The van der Waals surface area contributed by atoms with E-state index in [9.17, 15) is 0 Å². The summed E-state index contributed by atoms with van der Waals surface area (Å²) in [5.41, 5.74) is 1.18. The molecule has 0 aliphatic heterocycles. The number of benzene rings is 1. The van der Waals surface area contributed by atoms with Crippen molar-refractivity contribution in [2.75, 3.05) is 0 Å². The molecule has 2 rings (SSSR count). The van der Waals surface area contributed by atoms with E-state index in [0.29, 0.717) is 0 Å². The van der Waals surface area contributed by atoms with Crippen LogP contribution in [0.25, 0.3) is 10.9 Å². The second-order valence-corrected chi connectivity index (χ2v) is 4.43. The minimum Gasteiger partial charge on any atom is -0.350 e. The zero-order valence-electron chi connectivity index (χ0n) is 5.57. The number of hydrogen-bond donors (Lipinski definition) is 1. The van der Waals surface area contributed by atoms with E-state index < -0.39 is 0 Å². The van der Waals surface area contributed by atoms with Crippen molar-refractivity contribution in [1.29, 1.82) is 0 Å². The van der Waals surface area contributed by atoms with E-state index in [1.165, 1.54) is 14.6 Å². The number of aromatic nitrogens is 1. The Balaban J connectivity index is 2.82. The lowest BCUT2D eigenvalue weighted by molar-refractivity contribution is 1.41. The molecule has 0 radical (unpaired) electrons. The Labute approximate surface area is 86.5 Å². The van der Waals surface area contributed by atoms with Crippen LogP contribution in [-0.2, 0) is 0 Å². The molecule has 0 unspecified atom stereocenters. The van der Waals surface area contributed by atoms with Crippen LogP contribution in [0.2, 0.25) is 0 Å². The smallest absolute Gasteiger partial charge is 0.0782 e. The molecule has 56 valence electrons. The van der Waals surface area contributed by atoms with E-state index in [1.807, 2.05) is 6.07 Å². The maximum Gasteiger partial charge on any atom is 0.0782 e. The fourth-order valence-electron chi connectivity index (χ4n) is 1.06. The van der Waals surface area contributed by atoms with Crippen molar-refractivity contribution in [3.05, 3.63) is 32.4 Å². The van der Waals surface area contributed by atoms with Crippen molar-refractivity contribution in [2.45, 2.75) is 0 Å². The summed E-state index contributed by atoms with van der Waals surface area (Å²) in [5, 5.41) is 1.26. The SMILES string of the molecule is Brc1ccc2cc(I)[nH]c2c1. The normalized spacial score (nSPS) is 10.7. The van der Waals surface area contributed by atoms with Crippen molar-refractivity contribution >= 4 is 49.4 Å². The number of aromatic amines is 1. The van der Waals surface area contributed by atoms with Crippen LogP contribution in [0.15, 0.2) is 28.7 Å². The van der Waals surface area contributed by atoms with Gasteiger partial charge in [0, 0.05) is 15.4 Å². The molecule has 1 nitrogen and oxygen atoms in total. The van der Waals surface area contributed by atoms with Crippen LogP contribution in [0.4, 0.5) is 0 Å². The zero-order valence-corrected chi connectivity index (χ0v) is 9.31. The molecule has 0 aliphatic carbocycles. The highest BCUT2D eigenvalue weighted by atomic mass is 127. The third-order valence-corrected chi connectivity index (χ3v) is 2.63. The van der Waals surface area contributed by atoms with Crippen LogP contribution in [0.1, 0.15) is 0 Å². The molecule has 0 amide bonds. The molecule has 1 N–H and O–H groups in total. The molecule has 0 saturated carbocycles. The molecular formula is C8H5BrIN. The zero-order chi connectivity index (χ0) is 7.84. The largest absolute Gasteiger partial charge is 0.350 e. The third-order valence-electron chi connectivity index (χ3n) is 1.55. The minimum absolute atomic E-state index is 1.11. The third kappa shape index (κ3) is 1.44. The average molecular weight is 322 g/mol. The van der Waals surface area contributed by atoms with E-state index >= 15 is 0 Å². The van der Waals surface area contributed by atoms with Crippen LogP contribution in [0.3, 0.4) is 0 Å². The molecule has 11 heavy (non-hydrogen) atoms. The predicted octanol–water partition coefficient (Wildman–Crippen LogP) is 3.54. The molecular weight excluding hydrogens is 317 g/mol. The van der Waals surface area contributed by atoms with E-state index in [4.69, 9.17) is 0 Å². The van der Waals surface area contributed by atoms with Gasteiger partial charge in [0.1, 0.15) is 0 Å². The molecule has 0 spiro atoms. The average Bonchev–Trinajstić information content (AvgIpc) is 2.27. The molecule has 1 heterocycles. The Morgan fingerprint density at radius 1 is 1.27 bits per heavy atom. The molecule has 1 aromatic carbocycles. The first-order chi connectivity index (χ1) is 5.25. The van der Waals surface area contributed by atoms with E-state index in [2.05, 4.69) is 61.7 Å².